The Balaban J connectivity index is 1.98. The molecule has 29 heavy (non-hydrogen) atoms. The third kappa shape index (κ3) is 4.23. The van der Waals surface area contributed by atoms with Crippen molar-refractivity contribution in [2.24, 2.45) is 5.10 Å². The molecule has 0 atom stereocenters. The van der Waals surface area contributed by atoms with Crippen LogP contribution in [0.15, 0.2) is 58.4 Å². The van der Waals surface area contributed by atoms with Gasteiger partial charge in [-0.2, -0.15) is 20.1 Å². The summed E-state index contributed by atoms with van der Waals surface area (Å²) in [6.07, 6.45) is 1.45. The molecule has 3 aromatic rings. The van der Waals surface area contributed by atoms with Gasteiger partial charge < -0.3 is 0 Å². The van der Waals surface area contributed by atoms with Crippen LogP contribution < -0.4 is 11.0 Å². The van der Waals surface area contributed by atoms with Crippen molar-refractivity contribution in [1.29, 1.82) is 5.26 Å². The van der Waals surface area contributed by atoms with Crippen molar-refractivity contribution in [2.75, 3.05) is 0 Å². The molecule has 0 aliphatic rings. The quantitative estimate of drug-likeness (QED) is 0.532. The fourth-order valence-corrected chi connectivity index (χ4v) is 2.81. The molecule has 1 N–H and O–H groups in total. The molecule has 0 radical (unpaired) electrons. The van der Waals surface area contributed by atoms with E-state index >= 15 is 0 Å². The number of aryl methyl sites for hydroxylation is 1. The maximum atomic E-state index is 12.7. The van der Waals surface area contributed by atoms with Crippen LogP contribution in [-0.2, 0) is 0 Å². The number of rotatable bonds is 4. The first-order valence-corrected chi connectivity index (χ1v) is 8.99. The summed E-state index contributed by atoms with van der Waals surface area (Å²) in [4.78, 5) is 25.3. The topological polar surface area (TPSA) is 100 Å². The highest BCUT2D eigenvalue weighted by atomic mass is 35.5. The Bertz CT molecular complexity index is 1210. The molecule has 1 aromatic heterocycles. The van der Waals surface area contributed by atoms with Crippen LogP contribution in [0.3, 0.4) is 0 Å². The van der Waals surface area contributed by atoms with Crippen molar-refractivity contribution in [3.05, 3.63) is 91.9 Å². The van der Waals surface area contributed by atoms with Crippen LogP contribution in [0.5, 0.6) is 0 Å². The fourth-order valence-electron chi connectivity index (χ4n) is 2.68. The number of carbonyl (C=O) groups is 1. The summed E-state index contributed by atoms with van der Waals surface area (Å²) in [6.45, 7) is 3.32. The number of carbonyl (C=O) groups excluding carboxylic acids is 1. The zero-order valence-electron chi connectivity index (χ0n) is 15.7. The highest BCUT2D eigenvalue weighted by Gasteiger charge is 2.20. The number of benzene rings is 2. The van der Waals surface area contributed by atoms with Crippen molar-refractivity contribution in [1.82, 2.24) is 15.2 Å². The van der Waals surface area contributed by atoms with Gasteiger partial charge in [-0.05, 0) is 43.2 Å². The van der Waals surface area contributed by atoms with Gasteiger partial charge >= 0.3 is 0 Å². The molecule has 3 rings (SSSR count). The highest BCUT2D eigenvalue weighted by molar-refractivity contribution is 6.30. The zero-order chi connectivity index (χ0) is 21.0. The summed E-state index contributed by atoms with van der Waals surface area (Å²) in [5, 5.41) is 18.1. The summed E-state index contributed by atoms with van der Waals surface area (Å²) >= 11 is 5.83. The maximum absolute atomic E-state index is 12.7. The van der Waals surface area contributed by atoms with E-state index in [2.05, 4.69) is 15.6 Å². The van der Waals surface area contributed by atoms with Crippen LogP contribution in [0.4, 0.5) is 0 Å². The number of nitrogens with one attached hydrogen (secondary N) is 1. The number of aromatic nitrogens is 2. The molecule has 7 nitrogen and oxygen atoms in total. The standard InChI is InChI=1S/C21H16ClN5O2/c1-13-5-3-4-6-18(13)27-21(29)17(11-23)14(2)19(26-27)20(28)25-24-12-15-7-9-16(22)10-8-15/h3-10,12H,1-2H3,(H,25,28)/b24-12+. The van der Waals surface area contributed by atoms with Crippen molar-refractivity contribution < 1.29 is 4.79 Å². The van der Waals surface area contributed by atoms with Crippen LogP contribution in [0, 0.1) is 25.2 Å². The molecular weight excluding hydrogens is 390 g/mol. The van der Waals surface area contributed by atoms with E-state index < -0.39 is 11.5 Å². The van der Waals surface area contributed by atoms with E-state index in [-0.39, 0.29) is 16.8 Å². The Morgan fingerprint density at radius 1 is 1.21 bits per heavy atom. The van der Waals surface area contributed by atoms with E-state index in [1.807, 2.05) is 25.1 Å². The van der Waals surface area contributed by atoms with Crippen LogP contribution in [-0.4, -0.2) is 21.9 Å². The van der Waals surface area contributed by atoms with Crippen molar-refractivity contribution in [2.45, 2.75) is 13.8 Å². The predicted octanol–water partition coefficient (Wildman–Crippen LogP) is 3.14. The number of amides is 1. The zero-order valence-corrected chi connectivity index (χ0v) is 16.4. The molecule has 144 valence electrons. The average Bonchev–Trinajstić information content (AvgIpc) is 2.71. The van der Waals surface area contributed by atoms with E-state index in [9.17, 15) is 14.9 Å². The first-order chi connectivity index (χ1) is 13.9. The molecule has 1 amide bonds. The Morgan fingerprint density at radius 2 is 1.90 bits per heavy atom. The SMILES string of the molecule is Cc1ccccc1-n1nc(C(=O)N/N=C/c2ccc(Cl)cc2)c(C)c(C#N)c1=O. The lowest BCUT2D eigenvalue weighted by Crippen LogP contribution is -2.31. The molecule has 0 aliphatic heterocycles. The monoisotopic (exact) mass is 405 g/mol. The summed E-state index contributed by atoms with van der Waals surface area (Å²) in [5.41, 5.74) is 3.80. The largest absolute Gasteiger partial charge is 0.292 e. The summed E-state index contributed by atoms with van der Waals surface area (Å²) < 4.78 is 1.07. The number of nitriles is 1. The average molecular weight is 406 g/mol. The lowest BCUT2D eigenvalue weighted by molar-refractivity contribution is 0.0947. The Hall–Kier alpha value is -3.76. The van der Waals surface area contributed by atoms with Gasteiger partial charge in [0.05, 0.1) is 11.9 Å². The van der Waals surface area contributed by atoms with Crippen LogP contribution >= 0.6 is 11.6 Å². The van der Waals surface area contributed by atoms with E-state index in [4.69, 9.17) is 11.6 Å². The first kappa shape index (κ1) is 20.0. The lowest BCUT2D eigenvalue weighted by atomic mass is 10.1. The van der Waals surface area contributed by atoms with Gasteiger partial charge in [0.15, 0.2) is 5.69 Å². The Kier molecular flexibility index (Phi) is 5.86. The van der Waals surface area contributed by atoms with Crippen molar-refractivity contribution in [3.63, 3.8) is 0 Å². The molecule has 0 unspecified atom stereocenters. The van der Waals surface area contributed by atoms with Crippen molar-refractivity contribution in [3.8, 4) is 11.8 Å². The number of hydrogen-bond donors (Lipinski definition) is 1. The molecule has 0 saturated carbocycles. The predicted molar refractivity (Wildman–Crippen MR) is 111 cm³/mol. The minimum atomic E-state index is -0.633. The molecule has 8 heteroatoms. The van der Waals surface area contributed by atoms with Gasteiger partial charge in [-0.3, -0.25) is 9.59 Å². The fraction of sp³-hybridized carbons (Fsp3) is 0.0952. The minimum absolute atomic E-state index is 0.0577. The molecule has 2 aromatic carbocycles. The van der Waals surface area contributed by atoms with E-state index in [0.29, 0.717) is 10.7 Å². The molecular formula is C21H16ClN5O2. The second-order valence-electron chi connectivity index (χ2n) is 6.21. The van der Waals surface area contributed by atoms with E-state index in [0.717, 1.165) is 15.8 Å². The van der Waals surface area contributed by atoms with Gasteiger partial charge in [0, 0.05) is 10.6 Å². The second kappa shape index (κ2) is 8.50. The second-order valence-corrected chi connectivity index (χ2v) is 6.65. The van der Waals surface area contributed by atoms with Crippen LogP contribution in [0.25, 0.3) is 5.69 Å². The molecule has 0 saturated heterocycles. The van der Waals surface area contributed by atoms with Crippen LogP contribution in [0.1, 0.15) is 32.7 Å². The number of halogens is 1. The van der Waals surface area contributed by atoms with E-state index in [1.165, 1.54) is 13.1 Å². The Labute approximate surface area is 171 Å². The smallest absolute Gasteiger partial charge is 0.266 e. The lowest BCUT2D eigenvalue weighted by Gasteiger charge is -2.12. The molecule has 0 spiro atoms. The van der Waals surface area contributed by atoms with Crippen molar-refractivity contribution >= 4 is 23.7 Å². The summed E-state index contributed by atoms with van der Waals surface area (Å²) in [6, 6.07) is 15.8. The Morgan fingerprint density at radius 3 is 2.55 bits per heavy atom. The van der Waals surface area contributed by atoms with Crippen LogP contribution in [0.2, 0.25) is 5.02 Å². The highest BCUT2D eigenvalue weighted by Crippen LogP contribution is 2.14. The molecule has 0 aliphatic carbocycles. The summed E-state index contributed by atoms with van der Waals surface area (Å²) in [7, 11) is 0. The third-order valence-corrected chi connectivity index (χ3v) is 4.51. The maximum Gasteiger partial charge on any atom is 0.292 e. The normalized spacial score (nSPS) is 10.7. The summed E-state index contributed by atoms with van der Waals surface area (Å²) in [5.74, 6) is -0.633. The number of hydrogen-bond acceptors (Lipinski definition) is 5. The molecule has 1 heterocycles. The van der Waals surface area contributed by atoms with E-state index in [1.54, 1.807) is 36.4 Å². The van der Waals surface area contributed by atoms with Gasteiger partial charge in [0.2, 0.25) is 0 Å². The first-order valence-electron chi connectivity index (χ1n) is 8.61. The molecule has 0 fully saturated rings. The minimum Gasteiger partial charge on any atom is -0.266 e. The van der Waals surface area contributed by atoms with Gasteiger partial charge in [-0.1, -0.05) is 41.9 Å². The van der Waals surface area contributed by atoms with Gasteiger partial charge in [-0.15, -0.1) is 0 Å². The third-order valence-electron chi connectivity index (χ3n) is 4.26. The molecule has 0 bridgehead atoms. The number of para-hydroxylation sites is 1. The number of hydrazone groups is 1. The number of nitrogens with zero attached hydrogens (tertiary/aromatic N) is 4. The van der Waals surface area contributed by atoms with Gasteiger partial charge in [-0.25, -0.2) is 5.43 Å². The van der Waals surface area contributed by atoms with Gasteiger partial charge in [0.1, 0.15) is 11.6 Å². The van der Waals surface area contributed by atoms with Gasteiger partial charge in [0.25, 0.3) is 11.5 Å².